The summed E-state index contributed by atoms with van der Waals surface area (Å²) in [5, 5.41) is 13.8. The minimum Gasteiger partial charge on any atom is -0.331 e. The zero-order valence-corrected chi connectivity index (χ0v) is 30.1. The first-order chi connectivity index (χ1) is 23.0. The van der Waals surface area contributed by atoms with Crippen molar-refractivity contribution >= 4 is 83.6 Å². The number of halogens is 1. The van der Waals surface area contributed by atoms with Crippen molar-refractivity contribution in [1.29, 1.82) is 0 Å². The third-order valence-electron chi connectivity index (χ3n) is 7.55. The summed E-state index contributed by atoms with van der Waals surface area (Å²) in [6, 6.07) is 19.8. The summed E-state index contributed by atoms with van der Waals surface area (Å²) < 4.78 is 0.953. The second-order valence-corrected chi connectivity index (χ2v) is 14.4. The van der Waals surface area contributed by atoms with E-state index in [1.807, 2.05) is 83.1 Å². The Hall–Kier alpha value is -4.91. The maximum atomic E-state index is 13.2. The molecule has 6 rings (SSSR count). The van der Waals surface area contributed by atoms with E-state index in [9.17, 15) is 9.59 Å². The monoisotopic (exact) mass is 737 g/mol. The molecule has 0 saturated heterocycles. The second kappa shape index (κ2) is 14.1. The molecule has 0 saturated carbocycles. The average molecular weight is 739 g/mol. The molecule has 0 aliphatic carbocycles. The highest BCUT2D eigenvalue weighted by Gasteiger charge is 2.17. The van der Waals surface area contributed by atoms with Crippen molar-refractivity contribution in [1.82, 2.24) is 15.0 Å². The molecule has 0 atom stereocenters. The molecule has 3 aromatic heterocycles. The van der Waals surface area contributed by atoms with Gasteiger partial charge in [-0.25, -0.2) is 15.0 Å². The van der Waals surface area contributed by atoms with Gasteiger partial charge in [-0.15, -0.1) is 0 Å². The van der Waals surface area contributed by atoms with Crippen LogP contribution in [0.15, 0.2) is 83.7 Å². The van der Waals surface area contributed by atoms with E-state index >= 15 is 0 Å². The van der Waals surface area contributed by atoms with Crippen LogP contribution in [-0.2, 0) is 0 Å². The number of pyridine rings is 1. The van der Waals surface area contributed by atoms with Gasteiger partial charge >= 0.3 is 0 Å². The molecule has 2 amide bonds. The van der Waals surface area contributed by atoms with Crippen molar-refractivity contribution in [2.45, 2.75) is 34.6 Å². The summed E-state index contributed by atoms with van der Waals surface area (Å²) in [5.74, 6) is 0.178. The fourth-order valence-corrected chi connectivity index (χ4v) is 7.26. The number of carbonyl (C=O) groups is 2. The van der Waals surface area contributed by atoms with Crippen LogP contribution in [0.4, 0.5) is 33.1 Å². The molecule has 0 radical (unpaired) electrons. The van der Waals surface area contributed by atoms with Gasteiger partial charge in [0.1, 0.15) is 15.6 Å². The van der Waals surface area contributed by atoms with Crippen LogP contribution in [0.5, 0.6) is 0 Å². The number of hydrogen-bond donors (Lipinski definition) is 4. The Morgan fingerprint density at radius 2 is 1.21 bits per heavy atom. The molecular formula is C36H32BrN7O2S2. The maximum absolute atomic E-state index is 13.2. The SMILES string of the molecule is Cc1cc(C)c(NC(=O)c2cnc(Nc3cc(-c4cc(C)c(NC(=O)c5cnc(Nc6cccc(Br)c6)s5)c(C)c4)ccn3)s2)c(C)c1. The third kappa shape index (κ3) is 7.62. The minimum absolute atomic E-state index is 0.205. The van der Waals surface area contributed by atoms with Gasteiger partial charge in [-0.3, -0.25) is 9.59 Å². The summed E-state index contributed by atoms with van der Waals surface area (Å²) in [6.07, 6.45) is 4.87. The van der Waals surface area contributed by atoms with Crippen LogP contribution in [0, 0.1) is 34.6 Å². The van der Waals surface area contributed by atoms with E-state index in [1.165, 1.54) is 22.7 Å². The number of nitrogens with zero attached hydrogens (tertiary/aromatic N) is 3. The van der Waals surface area contributed by atoms with Crippen molar-refractivity contribution in [2.75, 3.05) is 21.3 Å². The van der Waals surface area contributed by atoms with Crippen LogP contribution in [-0.4, -0.2) is 26.8 Å². The lowest BCUT2D eigenvalue weighted by Gasteiger charge is -2.14. The first-order valence-electron chi connectivity index (χ1n) is 15.0. The summed E-state index contributed by atoms with van der Waals surface area (Å²) in [6.45, 7) is 9.96. The van der Waals surface area contributed by atoms with Crippen molar-refractivity contribution in [3.63, 3.8) is 0 Å². The van der Waals surface area contributed by atoms with Gasteiger partial charge in [0, 0.05) is 27.7 Å². The third-order valence-corrected chi connectivity index (χ3v) is 9.87. The number of aryl methyl sites for hydroxylation is 5. The van der Waals surface area contributed by atoms with Crippen LogP contribution in [0.25, 0.3) is 11.1 Å². The van der Waals surface area contributed by atoms with E-state index < -0.39 is 0 Å². The van der Waals surface area contributed by atoms with Crippen LogP contribution in [0.3, 0.4) is 0 Å². The van der Waals surface area contributed by atoms with Gasteiger partial charge in [0.25, 0.3) is 11.8 Å². The van der Waals surface area contributed by atoms with E-state index in [1.54, 1.807) is 18.6 Å². The first-order valence-corrected chi connectivity index (χ1v) is 17.4. The molecule has 0 aliphatic heterocycles. The van der Waals surface area contributed by atoms with E-state index in [0.29, 0.717) is 25.8 Å². The van der Waals surface area contributed by atoms with Crippen LogP contribution >= 0.6 is 38.6 Å². The van der Waals surface area contributed by atoms with Gasteiger partial charge in [-0.2, -0.15) is 0 Å². The Morgan fingerprint density at radius 3 is 1.79 bits per heavy atom. The quantitative estimate of drug-likeness (QED) is 0.117. The Bertz CT molecular complexity index is 2130. The molecule has 0 spiro atoms. The van der Waals surface area contributed by atoms with Crippen molar-refractivity contribution < 1.29 is 9.59 Å². The molecule has 242 valence electrons. The molecule has 3 heterocycles. The molecule has 0 bridgehead atoms. The minimum atomic E-state index is -0.218. The number of thiazole rings is 2. The van der Waals surface area contributed by atoms with E-state index in [2.05, 4.69) is 64.3 Å². The normalized spacial score (nSPS) is 10.9. The molecule has 0 aliphatic rings. The molecular weight excluding hydrogens is 706 g/mol. The smallest absolute Gasteiger partial charge is 0.267 e. The molecule has 3 aromatic carbocycles. The van der Waals surface area contributed by atoms with E-state index in [4.69, 9.17) is 0 Å². The van der Waals surface area contributed by atoms with Gasteiger partial charge in [0.05, 0.1) is 12.4 Å². The molecule has 0 unspecified atom stereocenters. The van der Waals surface area contributed by atoms with Crippen molar-refractivity contribution in [2.24, 2.45) is 0 Å². The van der Waals surface area contributed by atoms with Crippen LogP contribution in [0.2, 0.25) is 0 Å². The molecule has 0 fully saturated rings. The largest absolute Gasteiger partial charge is 0.331 e. The van der Waals surface area contributed by atoms with Gasteiger partial charge in [0.2, 0.25) is 0 Å². The van der Waals surface area contributed by atoms with Crippen LogP contribution in [0.1, 0.15) is 47.2 Å². The summed E-state index contributed by atoms with van der Waals surface area (Å²) in [7, 11) is 0. The Morgan fingerprint density at radius 1 is 0.646 bits per heavy atom. The van der Waals surface area contributed by atoms with Crippen molar-refractivity contribution in [3.8, 4) is 11.1 Å². The fraction of sp³-hybridized carbons (Fsp3) is 0.139. The highest BCUT2D eigenvalue weighted by Crippen LogP contribution is 2.32. The van der Waals surface area contributed by atoms with Gasteiger partial charge < -0.3 is 21.3 Å². The average Bonchev–Trinajstić information content (AvgIpc) is 3.71. The Balaban J connectivity index is 1.12. The van der Waals surface area contributed by atoms with Gasteiger partial charge in [-0.1, -0.05) is 62.4 Å². The zero-order valence-electron chi connectivity index (χ0n) is 26.9. The lowest BCUT2D eigenvalue weighted by molar-refractivity contribution is 0.102. The number of amides is 2. The predicted octanol–water partition coefficient (Wildman–Crippen LogP) is 9.96. The number of aromatic nitrogens is 3. The standard InChI is InChI=1S/C36H32BrN7O2S2/c1-19-11-20(2)31(21(3)12-19)43-34(46)29-18-40-36(48-29)42-30-15-24(9-10-38-30)25-13-22(4)32(23(5)14-25)44-33(45)28-17-39-35(47-28)41-27-8-6-7-26(37)16-27/h6-18H,1-5H3,(H,39,41)(H,43,46)(H,44,45)(H,38,40,42). The number of carbonyl (C=O) groups excluding carboxylic acids is 2. The molecule has 12 heteroatoms. The zero-order chi connectivity index (χ0) is 33.9. The van der Waals surface area contributed by atoms with E-state index in [-0.39, 0.29) is 11.8 Å². The molecule has 48 heavy (non-hydrogen) atoms. The topological polar surface area (TPSA) is 121 Å². The fourth-order valence-electron chi connectivity index (χ4n) is 5.41. The summed E-state index contributed by atoms with van der Waals surface area (Å²) >= 11 is 6.02. The highest BCUT2D eigenvalue weighted by molar-refractivity contribution is 9.10. The highest BCUT2D eigenvalue weighted by atomic mass is 79.9. The summed E-state index contributed by atoms with van der Waals surface area (Å²) in [5.41, 5.74) is 9.43. The van der Waals surface area contributed by atoms with Gasteiger partial charge in [-0.05, 0) is 110 Å². The Kier molecular flexibility index (Phi) is 9.67. The number of rotatable bonds is 9. The first kappa shape index (κ1) is 33.0. The number of nitrogens with one attached hydrogen (secondary N) is 4. The Labute approximate surface area is 295 Å². The molecule has 9 nitrogen and oxygen atoms in total. The summed E-state index contributed by atoms with van der Waals surface area (Å²) in [4.78, 5) is 40.4. The van der Waals surface area contributed by atoms with Crippen molar-refractivity contribution in [3.05, 3.63) is 121 Å². The number of hydrogen-bond acceptors (Lipinski definition) is 9. The van der Waals surface area contributed by atoms with Gasteiger partial charge in [0.15, 0.2) is 10.3 Å². The molecule has 4 N–H and O–H groups in total. The number of anilines is 6. The lowest BCUT2D eigenvalue weighted by atomic mass is 9.99. The predicted molar refractivity (Wildman–Crippen MR) is 201 cm³/mol. The maximum Gasteiger partial charge on any atom is 0.267 e. The number of benzene rings is 3. The van der Waals surface area contributed by atoms with Crippen LogP contribution < -0.4 is 21.3 Å². The molecule has 6 aromatic rings. The second-order valence-electron chi connectivity index (χ2n) is 11.4. The van der Waals surface area contributed by atoms with E-state index in [0.717, 1.165) is 60.5 Å². The lowest BCUT2D eigenvalue weighted by Crippen LogP contribution is -2.12.